The van der Waals surface area contributed by atoms with Crippen LogP contribution in [-0.2, 0) is 102 Å². The lowest BCUT2D eigenvalue weighted by atomic mass is 10.2. The van der Waals surface area contributed by atoms with E-state index >= 15 is 0 Å². The fraction of sp³-hybridized carbons (Fsp3) is 0.770. The van der Waals surface area contributed by atoms with Gasteiger partial charge in [0, 0.05) is 118 Å². The Hall–Kier alpha value is -10.5. The van der Waals surface area contributed by atoms with E-state index in [1.165, 1.54) is 40.4 Å². The first-order chi connectivity index (χ1) is 65.7. The van der Waals surface area contributed by atoms with Crippen molar-refractivity contribution in [1.29, 1.82) is 0 Å². The minimum Gasteiger partial charge on any atom is -0.481 e. The number of rotatable bonds is 51. The summed E-state index contributed by atoms with van der Waals surface area (Å²) in [7, 11) is 9.04. The molecule has 0 aliphatic rings. The standard InChI is InChI=1S/C19H30N2O4.2C11H22N2O2.2C11H21NO4.2C10H19NO3.2C6H13NO2.C5H11NO2/c1-16(22)21(24-15-17-11-7-5-8-12-17)14-10-6-9-13-20-18(23)25-19(2,3)4;2*1-11(2,3)15-10(14)13-9-7-5-6-8-12-4;2*1-11(2,3)16-10(14)12-8-6-5-7-9(13)15-4;2*1-10(2,3)14-9(13)11-7-5-4-6-8-12;2*1-9-6(8)4-2-3-5-7;6-4-2-1-3-5(7)8/h5,7-8,11-12H,6,9-10,13-15H2,1-4H3,(H,20,23);2*8H,5-7,9H2,1-4H3,(H,13,14);2*5-8H2,1-4H3,(H,12,14);2*8H,4-7H2,1-3H3,(H,11,13);2*2-5,7H2,1H3;1-4,6H2,(H,7,8). The maximum atomic E-state index is 11.6. The number of esters is 4. The lowest BCUT2D eigenvalue weighted by Crippen LogP contribution is -2.33. The zero-order valence-electron chi connectivity index (χ0n) is 91.4. The number of hydroxylamine groups is 2. The van der Waals surface area contributed by atoms with Gasteiger partial charge >= 0.3 is 72.5 Å². The summed E-state index contributed by atoms with van der Waals surface area (Å²) in [5.74, 6) is -1.59. The highest BCUT2D eigenvalue weighted by atomic mass is 16.7. The molecule has 1 aromatic rings. The van der Waals surface area contributed by atoms with Crippen molar-refractivity contribution in [3.8, 4) is 0 Å². The molecule has 41 heteroatoms. The molecule has 0 unspecified atom stereocenters. The van der Waals surface area contributed by atoms with Gasteiger partial charge in [0.1, 0.15) is 58.4 Å². The first-order valence-electron chi connectivity index (χ1n) is 48.7. The maximum Gasteiger partial charge on any atom is 0.407 e. The Labute approximate surface area is 844 Å². The number of aliphatic imine (C=N–C) groups is 2. The number of hydrogen-bond acceptors (Lipinski definition) is 32. The number of methoxy groups -OCH3 is 4. The van der Waals surface area contributed by atoms with E-state index in [-0.39, 0.29) is 48.4 Å². The minimum absolute atomic E-state index is 0.109. The number of alkyl carbamates (subject to hydrolysis) is 7. The van der Waals surface area contributed by atoms with Crippen LogP contribution in [0.1, 0.15) is 351 Å². The number of carbonyl (C=O) groups excluding carboxylic acids is 14. The number of carboxylic acid groups (broad SMARTS) is 1. The van der Waals surface area contributed by atoms with Crippen molar-refractivity contribution in [3.63, 3.8) is 0 Å². The van der Waals surface area contributed by atoms with Crippen molar-refractivity contribution < 1.29 is 134 Å². The zero-order valence-corrected chi connectivity index (χ0v) is 91.4. The van der Waals surface area contributed by atoms with Crippen LogP contribution >= 0.6 is 0 Å². The SMILES string of the molecule is CC(=O)N(CCCCCNC(=O)OC(C)(C)C)OCc1ccccc1.CC(C)(C)OC(=O)NCCCCC=O.CC(C)(C)OC(=O)NCCCCC=O.CN=CCCCCNC(=O)OC(C)(C)C.CN=CCCCCNC(=O)OC(C)(C)C.COC(=O)CCCCN.COC(=O)CCCCN.COC(=O)CCCCNC(=O)OC(C)(C)C.COC(=O)CCCCNC(=O)OC(C)(C)C.NCCCCC(=O)O. The zero-order chi connectivity index (χ0) is 110. The first-order valence-corrected chi connectivity index (χ1v) is 48.7. The number of nitrogens with one attached hydrogen (secondary N) is 7. The van der Waals surface area contributed by atoms with Gasteiger partial charge in [0.2, 0.25) is 5.91 Å². The highest BCUT2D eigenvalue weighted by Crippen LogP contribution is 2.14. The van der Waals surface area contributed by atoms with Crippen molar-refractivity contribution in [2.45, 2.75) is 391 Å². The topological polar surface area (TPSA) is 577 Å². The first kappa shape index (κ1) is 148. The van der Waals surface area contributed by atoms with Gasteiger partial charge in [-0.25, -0.2) is 38.6 Å². The van der Waals surface area contributed by atoms with Crippen LogP contribution in [0.3, 0.4) is 0 Å². The molecule has 0 atom stereocenters. The lowest BCUT2D eigenvalue weighted by Gasteiger charge is -2.21. The Balaban J connectivity index is -0.000000199. The number of aliphatic carboxylic acids is 1. The van der Waals surface area contributed by atoms with E-state index in [9.17, 15) is 71.9 Å². The van der Waals surface area contributed by atoms with Crippen molar-refractivity contribution >= 4 is 103 Å². The summed E-state index contributed by atoms with van der Waals surface area (Å²) < 4.78 is 53.3. The fourth-order valence-electron chi connectivity index (χ4n) is 9.26. The average molecular weight is 2020 g/mol. The van der Waals surface area contributed by atoms with Gasteiger partial charge in [0.05, 0.1) is 28.4 Å². The third-order valence-electron chi connectivity index (χ3n) is 15.7. The average Bonchev–Trinajstić information content (AvgIpc) is 0.968. The number of unbranched alkanes of at least 4 members (excludes halogenated alkanes) is 15. The van der Waals surface area contributed by atoms with Gasteiger partial charge in [-0.15, -0.1) is 0 Å². The van der Waals surface area contributed by atoms with Gasteiger partial charge in [-0.1, -0.05) is 30.3 Å². The van der Waals surface area contributed by atoms with Gasteiger partial charge in [0.15, 0.2) is 0 Å². The Kier molecular flexibility index (Phi) is 102. The second kappa shape index (κ2) is 96.9. The van der Waals surface area contributed by atoms with Crippen molar-refractivity contribution in [2.24, 2.45) is 27.2 Å². The number of carbonyl (C=O) groups is 15. The number of aldehydes is 2. The number of nitrogens with two attached hydrogens (primary N) is 3. The van der Waals surface area contributed by atoms with Crippen LogP contribution in [0, 0.1) is 0 Å². The predicted octanol–water partition coefficient (Wildman–Crippen LogP) is 16.7. The summed E-state index contributed by atoms with van der Waals surface area (Å²) in [4.78, 5) is 176. The molecule has 41 nitrogen and oxygen atoms in total. The van der Waals surface area contributed by atoms with Crippen LogP contribution < -0.4 is 54.4 Å². The van der Waals surface area contributed by atoms with E-state index in [1.807, 2.05) is 188 Å². The molecule has 14 N–H and O–H groups in total. The molecule has 0 aromatic heterocycles. The van der Waals surface area contributed by atoms with E-state index < -0.39 is 75.6 Å². The van der Waals surface area contributed by atoms with E-state index in [1.54, 1.807) is 14.1 Å². The Morgan fingerprint density at radius 3 is 0.745 bits per heavy atom. The summed E-state index contributed by atoms with van der Waals surface area (Å²) >= 11 is 0. The molecule has 8 amide bonds. The molecule has 0 saturated heterocycles. The van der Waals surface area contributed by atoms with Crippen LogP contribution in [0.15, 0.2) is 40.3 Å². The van der Waals surface area contributed by atoms with Crippen LogP contribution in [-0.4, -0.2) is 267 Å². The molecule has 824 valence electrons. The van der Waals surface area contributed by atoms with E-state index in [0.29, 0.717) is 136 Å². The number of amides is 8. The molecule has 0 fully saturated rings. The molecule has 0 aliphatic heterocycles. The summed E-state index contributed by atoms with van der Waals surface area (Å²) in [6.45, 7) is 46.7. The van der Waals surface area contributed by atoms with Gasteiger partial charge < -0.3 is 131 Å². The van der Waals surface area contributed by atoms with Gasteiger partial charge in [-0.2, -0.15) is 0 Å². The number of ether oxygens (including phenoxy) is 11. The second-order valence-electron chi connectivity index (χ2n) is 38.0. The smallest absolute Gasteiger partial charge is 0.407 e. The molecule has 1 aromatic carbocycles. The van der Waals surface area contributed by atoms with E-state index in [4.69, 9.17) is 60.3 Å². The molecule has 0 bridgehead atoms. The highest BCUT2D eigenvalue weighted by Gasteiger charge is 2.22. The molecule has 0 heterocycles. The molecule has 141 heavy (non-hydrogen) atoms. The largest absolute Gasteiger partial charge is 0.481 e. The van der Waals surface area contributed by atoms with E-state index in [0.717, 1.165) is 147 Å². The van der Waals surface area contributed by atoms with Crippen molar-refractivity contribution in [1.82, 2.24) is 42.3 Å². The molecule has 0 aliphatic carbocycles. The third-order valence-corrected chi connectivity index (χ3v) is 15.7. The van der Waals surface area contributed by atoms with Crippen LogP contribution in [0.25, 0.3) is 0 Å². The second-order valence-corrected chi connectivity index (χ2v) is 38.0. The monoisotopic (exact) mass is 2020 g/mol. The van der Waals surface area contributed by atoms with Gasteiger partial charge in [0.25, 0.3) is 0 Å². The molecule has 0 saturated carbocycles. The summed E-state index contributed by atoms with van der Waals surface area (Å²) in [5, 5.41) is 28.1. The highest BCUT2D eigenvalue weighted by molar-refractivity contribution is 5.73. The molecule has 0 spiro atoms. The fourth-order valence-corrected chi connectivity index (χ4v) is 9.26. The molecular weight excluding hydrogens is 1830 g/mol. The minimum atomic E-state index is -0.738. The van der Waals surface area contributed by atoms with Gasteiger partial charge in [-0.3, -0.25) is 33.6 Å². The van der Waals surface area contributed by atoms with Gasteiger partial charge in [-0.05, 0) is 331 Å². The van der Waals surface area contributed by atoms with Crippen LogP contribution in [0.5, 0.6) is 0 Å². The maximum absolute atomic E-state index is 11.6. The molecule has 0 radical (unpaired) electrons. The molecule has 1 rings (SSSR count). The predicted molar refractivity (Wildman–Crippen MR) is 551 cm³/mol. The molecular formula is C100H191N13O28. The number of benzene rings is 1. The number of nitrogens with zero attached hydrogens (tertiary/aromatic N) is 3. The summed E-state index contributed by atoms with van der Waals surface area (Å²) in [6.07, 6.45) is 25.4. The Bertz CT molecular complexity index is 3240. The quantitative estimate of drug-likeness (QED) is 0.00720. The van der Waals surface area contributed by atoms with Crippen molar-refractivity contribution in [2.75, 3.05) is 115 Å². The number of carboxylic acids is 1. The van der Waals surface area contributed by atoms with E-state index in [2.05, 4.69) is 66.1 Å². The Morgan fingerprint density at radius 1 is 0.319 bits per heavy atom. The summed E-state index contributed by atoms with van der Waals surface area (Å²) in [5.41, 5.74) is 13.4. The Morgan fingerprint density at radius 2 is 0.539 bits per heavy atom. The number of hydrogen-bond donors (Lipinski definition) is 11. The van der Waals surface area contributed by atoms with Crippen LogP contribution in [0.2, 0.25) is 0 Å². The van der Waals surface area contributed by atoms with Crippen LogP contribution in [0.4, 0.5) is 33.6 Å². The normalized spacial score (nSPS) is 10.7. The van der Waals surface area contributed by atoms with Crippen molar-refractivity contribution in [3.05, 3.63) is 35.9 Å². The summed E-state index contributed by atoms with van der Waals surface area (Å²) in [6, 6.07) is 9.74. The third kappa shape index (κ3) is 147. The lowest BCUT2D eigenvalue weighted by molar-refractivity contribution is -0.189.